The number of esters is 1. The Kier molecular flexibility index (Phi) is 5.37. The average Bonchev–Trinajstić information content (AvgIpc) is 2.72. The van der Waals surface area contributed by atoms with E-state index in [1.165, 1.54) is 24.3 Å². The second-order valence-corrected chi connectivity index (χ2v) is 5.75. The minimum atomic E-state index is -0.607. The van der Waals surface area contributed by atoms with Crippen LogP contribution in [0.25, 0.3) is 11.1 Å². The van der Waals surface area contributed by atoms with E-state index in [1.807, 2.05) is 42.5 Å². The molecule has 0 aliphatic carbocycles. The second-order valence-electron chi connectivity index (χ2n) is 5.75. The third kappa shape index (κ3) is 4.43. The number of nitro benzene ring substituents is 1. The SMILES string of the molecule is O=C(COC(=O)c1ccc(-c2ccccc2)cc1)c1ccc([N+](=O)[O-])cc1. The predicted molar refractivity (Wildman–Crippen MR) is 99.6 cm³/mol. The highest BCUT2D eigenvalue weighted by molar-refractivity contribution is 5.99. The van der Waals surface area contributed by atoms with Gasteiger partial charge in [0.15, 0.2) is 12.4 Å². The van der Waals surface area contributed by atoms with E-state index in [0.29, 0.717) is 5.56 Å². The van der Waals surface area contributed by atoms with Gasteiger partial charge < -0.3 is 4.74 Å². The molecule has 3 rings (SSSR count). The lowest BCUT2D eigenvalue weighted by Crippen LogP contribution is -2.14. The minimum absolute atomic E-state index is 0.109. The molecule has 0 saturated carbocycles. The maximum Gasteiger partial charge on any atom is 0.338 e. The topological polar surface area (TPSA) is 86.5 Å². The standard InChI is InChI=1S/C21H15NO5/c23-20(17-10-12-19(13-11-17)22(25)26)14-27-21(24)18-8-6-16(7-9-18)15-4-2-1-3-5-15/h1-13H,14H2. The van der Waals surface area contributed by atoms with Crippen LogP contribution in [-0.4, -0.2) is 23.3 Å². The molecular formula is C21H15NO5. The van der Waals surface area contributed by atoms with Crippen LogP contribution in [0.4, 0.5) is 5.69 Å². The van der Waals surface area contributed by atoms with Crippen molar-refractivity contribution in [3.8, 4) is 11.1 Å². The van der Waals surface area contributed by atoms with E-state index < -0.39 is 23.3 Å². The van der Waals surface area contributed by atoms with Gasteiger partial charge in [-0.2, -0.15) is 0 Å². The van der Waals surface area contributed by atoms with Crippen LogP contribution in [0.3, 0.4) is 0 Å². The molecule has 27 heavy (non-hydrogen) atoms. The summed E-state index contributed by atoms with van der Waals surface area (Å²) in [5.41, 5.74) is 2.47. The number of Topliss-reactive ketones (excluding diaryl/α,β-unsaturated/α-hetero) is 1. The fourth-order valence-electron chi connectivity index (χ4n) is 2.50. The Balaban J connectivity index is 1.60. The van der Waals surface area contributed by atoms with Gasteiger partial charge in [0.25, 0.3) is 5.69 Å². The normalized spacial score (nSPS) is 10.2. The van der Waals surface area contributed by atoms with Gasteiger partial charge in [-0.25, -0.2) is 4.79 Å². The van der Waals surface area contributed by atoms with Crippen molar-refractivity contribution < 1.29 is 19.2 Å². The Hall–Kier alpha value is -3.80. The first kappa shape index (κ1) is 18.0. The fraction of sp³-hybridized carbons (Fsp3) is 0.0476. The van der Waals surface area contributed by atoms with Crippen LogP contribution >= 0.6 is 0 Å². The number of carbonyl (C=O) groups is 2. The molecule has 0 saturated heterocycles. The zero-order chi connectivity index (χ0) is 19.2. The van der Waals surface area contributed by atoms with Crippen molar-refractivity contribution in [2.24, 2.45) is 0 Å². The van der Waals surface area contributed by atoms with Crippen molar-refractivity contribution in [3.63, 3.8) is 0 Å². The maximum atomic E-state index is 12.1. The number of nitrogens with zero attached hydrogens (tertiary/aromatic N) is 1. The Morgan fingerprint density at radius 2 is 1.33 bits per heavy atom. The molecule has 0 spiro atoms. The molecule has 0 aliphatic heterocycles. The monoisotopic (exact) mass is 361 g/mol. The van der Waals surface area contributed by atoms with Gasteiger partial charge in [-0.3, -0.25) is 14.9 Å². The van der Waals surface area contributed by atoms with Crippen LogP contribution in [0, 0.1) is 10.1 Å². The van der Waals surface area contributed by atoms with Crippen molar-refractivity contribution in [1.29, 1.82) is 0 Å². The lowest BCUT2D eigenvalue weighted by molar-refractivity contribution is -0.384. The number of rotatable bonds is 6. The van der Waals surface area contributed by atoms with Gasteiger partial charge in [-0.05, 0) is 35.4 Å². The number of hydrogen-bond acceptors (Lipinski definition) is 5. The highest BCUT2D eigenvalue weighted by atomic mass is 16.6. The molecule has 0 aliphatic rings. The summed E-state index contributed by atoms with van der Waals surface area (Å²) >= 11 is 0. The number of hydrogen-bond donors (Lipinski definition) is 0. The van der Waals surface area contributed by atoms with Crippen LogP contribution < -0.4 is 0 Å². The van der Waals surface area contributed by atoms with E-state index >= 15 is 0 Å². The summed E-state index contributed by atoms with van der Waals surface area (Å²) in [6.45, 7) is -0.433. The number of nitro groups is 1. The van der Waals surface area contributed by atoms with Gasteiger partial charge in [0.2, 0.25) is 0 Å². The Bertz CT molecular complexity index is 964. The molecule has 0 radical (unpaired) electrons. The highest BCUT2D eigenvalue weighted by Crippen LogP contribution is 2.19. The Morgan fingerprint density at radius 1 is 0.778 bits per heavy atom. The first-order valence-electron chi connectivity index (χ1n) is 8.15. The summed E-state index contributed by atoms with van der Waals surface area (Å²) in [7, 11) is 0. The van der Waals surface area contributed by atoms with E-state index in [-0.39, 0.29) is 11.3 Å². The molecule has 0 atom stereocenters. The number of ether oxygens (including phenoxy) is 1. The molecule has 0 unspecified atom stereocenters. The summed E-state index contributed by atoms with van der Waals surface area (Å²) in [4.78, 5) is 34.2. The van der Waals surface area contributed by atoms with Crippen molar-refractivity contribution in [3.05, 3.63) is 100 Å². The molecule has 134 valence electrons. The first-order chi connectivity index (χ1) is 13.0. The van der Waals surface area contributed by atoms with Gasteiger partial charge in [-0.1, -0.05) is 42.5 Å². The second kappa shape index (κ2) is 8.05. The lowest BCUT2D eigenvalue weighted by Gasteiger charge is -2.06. The van der Waals surface area contributed by atoms with Gasteiger partial charge in [-0.15, -0.1) is 0 Å². The molecule has 0 heterocycles. The molecule has 0 amide bonds. The Morgan fingerprint density at radius 3 is 1.93 bits per heavy atom. The van der Waals surface area contributed by atoms with E-state index in [0.717, 1.165) is 11.1 Å². The fourth-order valence-corrected chi connectivity index (χ4v) is 2.50. The van der Waals surface area contributed by atoms with E-state index in [2.05, 4.69) is 0 Å². The molecule has 3 aromatic rings. The summed E-state index contributed by atoms with van der Waals surface area (Å²) in [5.74, 6) is -1.04. The molecule has 0 bridgehead atoms. The molecular weight excluding hydrogens is 346 g/mol. The van der Waals surface area contributed by atoms with Gasteiger partial charge in [0.05, 0.1) is 10.5 Å². The summed E-state index contributed by atoms with van der Waals surface area (Å²) < 4.78 is 5.05. The average molecular weight is 361 g/mol. The van der Waals surface area contributed by atoms with Gasteiger partial charge >= 0.3 is 5.97 Å². The van der Waals surface area contributed by atoms with Crippen LogP contribution in [0.15, 0.2) is 78.9 Å². The molecule has 6 nitrogen and oxygen atoms in total. The van der Waals surface area contributed by atoms with E-state index in [9.17, 15) is 19.7 Å². The van der Waals surface area contributed by atoms with Gasteiger partial charge in [0, 0.05) is 17.7 Å². The Labute approximate surface area is 155 Å². The maximum absolute atomic E-state index is 12.1. The highest BCUT2D eigenvalue weighted by Gasteiger charge is 2.13. The molecule has 3 aromatic carbocycles. The molecule has 0 aromatic heterocycles. The zero-order valence-corrected chi connectivity index (χ0v) is 14.2. The number of non-ortho nitro benzene ring substituents is 1. The van der Waals surface area contributed by atoms with Crippen LogP contribution in [-0.2, 0) is 4.74 Å². The molecule has 0 fully saturated rings. The quantitative estimate of drug-likeness (QED) is 0.283. The van der Waals surface area contributed by atoms with E-state index in [4.69, 9.17) is 4.74 Å². The number of carbonyl (C=O) groups excluding carboxylic acids is 2. The third-order valence-corrected chi connectivity index (χ3v) is 3.96. The predicted octanol–water partition coefficient (Wildman–Crippen LogP) is 4.30. The number of benzene rings is 3. The van der Waals surface area contributed by atoms with Gasteiger partial charge in [0.1, 0.15) is 0 Å². The van der Waals surface area contributed by atoms with Crippen LogP contribution in [0.2, 0.25) is 0 Å². The van der Waals surface area contributed by atoms with E-state index in [1.54, 1.807) is 12.1 Å². The van der Waals surface area contributed by atoms with Crippen LogP contribution in [0.1, 0.15) is 20.7 Å². The summed E-state index contributed by atoms with van der Waals surface area (Å²) in [5, 5.41) is 10.6. The summed E-state index contributed by atoms with van der Waals surface area (Å²) in [6.07, 6.45) is 0. The van der Waals surface area contributed by atoms with Crippen molar-refractivity contribution in [2.45, 2.75) is 0 Å². The molecule has 6 heteroatoms. The van der Waals surface area contributed by atoms with Crippen molar-refractivity contribution >= 4 is 17.4 Å². The minimum Gasteiger partial charge on any atom is -0.454 e. The number of ketones is 1. The third-order valence-electron chi connectivity index (χ3n) is 3.96. The molecule has 0 N–H and O–H groups in total. The van der Waals surface area contributed by atoms with Crippen LogP contribution in [0.5, 0.6) is 0 Å². The zero-order valence-electron chi connectivity index (χ0n) is 14.2. The van der Waals surface area contributed by atoms with Crippen molar-refractivity contribution in [2.75, 3.05) is 6.61 Å². The smallest absolute Gasteiger partial charge is 0.338 e. The summed E-state index contributed by atoms with van der Waals surface area (Å²) in [6, 6.07) is 21.8. The largest absolute Gasteiger partial charge is 0.454 e. The first-order valence-corrected chi connectivity index (χ1v) is 8.15. The lowest BCUT2D eigenvalue weighted by atomic mass is 10.0. The van der Waals surface area contributed by atoms with Crippen molar-refractivity contribution in [1.82, 2.24) is 0 Å².